The average Bonchev–Trinajstić information content (AvgIpc) is 2.62. The van der Waals surface area contributed by atoms with Gasteiger partial charge in [-0.3, -0.25) is 9.59 Å². The molecule has 2 heterocycles. The van der Waals surface area contributed by atoms with Crippen LogP contribution in [0.5, 0.6) is 0 Å². The van der Waals surface area contributed by atoms with Gasteiger partial charge in [0.25, 0.3) is 0 Å². The van der Waals surface area contributed by atoms with Crippen LogP contribution in [0.2, 0.25) is 0 Å². The molecule has 120 valence electrons. The molecule has 0 bridgehead atoms. The Bertz CT molecular complexity index is 553. The lowest BCUT2D eigenvalue weighted by Crippen LogP contribution is -2.61. The number of carbonyl (C=O) groups is 2. The summed E-state index contributed by atoms with van der Waals surface area (Å²) in [5.74, 6) is -0.180. The molecule has 2 fully saturated rings. The van der Waals surface area contributed by atoms with Crippen molar-refractivity contribution >= 4 is 21.7 Å². The smallest absolute Gasteiger partial charge is 0.248 e. The van der Waals surface area contributed by atoms with E-state index in [2.05, 4.69) is 5.32 Å². The fourth-order valence-electron chi connectivity index (χ4n) is 3.41. The Kier molecular flexibility index (Phi) is 4.08. The van der Waals surface area contributed by atoms with Gasteiger partial charge in [-0.15, -0.1) is 0 Å². The predicted octanol–water partition coefficient (Wildman–Crippen LogP) is 0.471. The molecule has 7 heteroatoms. The molecule has 21 heavy (non-hydrogen) atoms. The van der Waals surface area contributed by atoms with Gasteiger partial charge in [0, 0.05) is 13.0 Å². The number of rotatable bonds is 3. The molecule has 2 rings (SSSR count). The van der Waals surface area contributed by atoms with E-state index in [9.17, 15) is 18.0 Å². The number of hydrogen-bond acceptors (Lipinski definition) is 4. The van der Waals surface area contributed by atoms with E-state index in [-0.39, 0.29) is 29.7 Å². The molecule has 0 aromatic heterocycles. The average molecular weight is 316 g/mol. The minimum atomic E-state index is -3.10. The maximum atomic E-state index is 13.0. The Balaban J connectivity index is 2.39. The Morgan fingerprint density at radius 3 is 2.33 bits per heavy atom. The molecule has 2 aliphatic heterocycles. The van der Waals surface area contributed by atoms with Gasteiger partial charge >= 0.3 is 0 Å². The molecule has 0 spiro atoms. The summed E-state index contributed by atoms with van der Waals surface area (Å²) in [7, 11) is -3.10. The fraction of sp³-hybridized carbons (Fsp3) is 0.857. The summed E-state index contributed by atoms with van der Waals surface area (Å²) in [4.78, 5) is 26.6. The van der Waals surface area contributed by atoms with Crippen molar-refractivity contribution in [1.29, 1.82) is 0 Å². The van der Waals surface area contributed by atoms with Crippen LogP contribution in [0.4, 0.5) is 0 Å². The van der Waals surface area contributed by atoms with Gasteiger partial charge < -0.3 is 10.2 Å². The zero-order valence-corrected chi connectivity index (χ0v) is 13.8. The normalized spacial score (nSPS) is 31.9. The second-order valence-corrected chi connectivity index (χ2v) is 8.57. The van der Waals surface area contributed by atoms with Crippen LogP contribution in [0.25, 0.3) is 0 Å². The minimum Gasteiger partial charge on any atom is -0.342 e. The first-order valence-corrected chi connectivity index (χ1v) is 9.34. The highest BCUT2D eigenvalue weighted by atomic mass is 32.2. The van der Waals surface area contributed by atoms with Crippen molar-refractivity contribution in [1.82, 2.24) is 10.2 Å². The molecule has 1 unspecified atom stereocenters. The van der Waals surface area contributed by atoms with Crippen molar-refractivity contribution in [2.24, 2.45) is 0 Å². The Labute approximate surface area is 126 Å². The van der Waals surface area contributed by atoms with Crippen molar-refractivity contribution in [2.75, 3.05) is 18.1 Å². The van der Waals surface area contributed by atoms with Gasteiger partial charge in [0.15, 0.2) is 9.84 Å². The minimum absolute atomic E-state index is 0.0105. The zero-order chi connectivity index (χ0) is 15.9. The monoisotopic (exact) mass is 316 g/mol. The highest BCUT2D eigenvalue weighted by molar-refractivity contribution is 7.91. The molecule has 0 saturated carbocycles. The predicted molar refractivity (Wildman–Crippen MR) is 79.5 cm³/mol. The SMILES string of the molecule is CCC1(CC)NC(=O)CCN(C2(C)CCS(=O)(=O)C2)C1=O. The quantitative estimate of drug-likeness (QED) is 0.820. The van der Waals surface area contributed by atoms with Crippen molar-refractivity contribution < 1.29 is 18.0 Å². The molecule has 0 aliphatic carbocycles. The van der Waals surface area contributed by atoms with Gasteiger partial charge in [-0.1, -0.05) is 13.8 Å². The van der Waals surface area contributed by atoms with Gasteiger partial charge in [0.1, 0.15) is 5.54 Å². The standard InChI is InChI=1S/C14H24N2O4S/c1-4-14(5-2)12(18)16(8-6-11(17)15-14)13(3)7-9-21(19,20)10-13/h4-10H2,1-3H3,(H,15,17). The van der Waals surface area contributed by atoms with Gasteiger partial charge in [0.2, 0.25) is 11.8 Å². The number of nitrogens with one attached hydrogen (secondary N) is 1. The molecule has 2 saturated heterocycles. The molecule has 0 aromatic carbocycles. The second-order valence-electron chi connectivity index (χ2n) is 6.38. The summed E-state index contributed by atoms with van der Waals surface area (Å²) in [5.41, 5.74) is -1.60. The molecule has 2 aliphatic rings. The molecule has 1 N–H and O–H groups in total. The maximum Gasteiger partial charge on any atom is 0.248 e. The first kappa shape index (κ1) is 16.3. The maximum absolute atomic E-state index is 13.0. The highest BCUT2D eigenvalue weighted by Gasteiger charge is 2.51. The van der Waals surface area contributed by atoms with Gasteiger partial charge in [-0.25, -0.2) is 8.42 Å². The molecule has 0 radical (unpaired) electrons. The second kappa shape index (κ2) is 5.26. The lowest BCUT2D eigenvalue weighted by atomic mass is 9.88. The lowest BCUT2D eigenvalue weighted by Gasteiger charge is -2.41. The molecular weight excluding hydrogens is 292 g/mol. The fourth-order valence-corrected chi connectivity index (χ4v) is 5.55. The topological polar surface area (TPSA) is 83.6 Å². The van der Waals surface area contributed by atoms with E-state index in [0.29, 0.717) is 25.8 Å². The number of sulfone groups is 1. The zero-order valence-electron chi connectivity index (χ0n) is 12.9. The summed E-state index contributed by atoms with van der Waals surface area (Å²) in [6.07, 6.45) is 1.68. The highest BCUT2D eigenvalue weighted by Crippen LogP contribution is 2.34. The van der Waals surface area contributed by atoms with E-state index < -0.39 is 20.9 Å². The lowest BCUT2D eigenvalue weighted by molar-refractivity contribution is -0.143. The van der Waals surface area contributed by atoms with Crippen LogP contribution in [-0.4, -0.2) is 54.3 Å². The largest absolute Gasteiger partial charge is 0.342 e. The third-order valence-electron chi connectivity index (χ3n) is 4.94. The molecule has 0 aromatic rings. The van der Waals surface area contributed by atoms with E-state index in [1.807, 2.05) is 20.8 Å². The number of amides is 2. The third-order valence-corrected chi connectivity index (χ3v) is 6.82. The molecule has 6 nitrogen and oxygen atoms in total. The van der Waals surface area contributed by atoms with Crippen molar-refractivity contribution in [3.05, 3.63) is 0 Å². The van der Waals surface area contributed by atoms with Crippen LogP contribution in [0.15, 0.2) is 0 Å². The number of carbonyl (C=O) groups excluding carboxylic acids is 2. The van der Waals surface area contributed by atoms with Crippen LogP contribution >= 0.6 is 0 Å². The number of nitrogens with zero attached hydrogens (tertiary/aromatic N) is 1. The van der Waals surface area contributed by atoms with Crippen molar-refractivity contribution in [2.45, 2.75) is 57.5 Å². The van der Waals surface area contributed by atoms with Crippen LogP contribution in [0.1, 0.15) is 46.5 Å². The van der Waals surface area contributed by atoms with E-state index in [1.54, 1.807) is 4.90 Å². The first-order valence-electron chi connectivity index (χ1n) is 7.51. The summed E-state index contributed by atoms with van der Waals surface area (Å²) in [6.45, 7) is 5.86. The number of hydrogen-bond donors (Lipinski definition) is 1. The molecule has 2 amide bonds. The summed E-state index contributed by atoms with van der Waals surface area (Å²) in [6, 6.07) is 0. The van der Waals surface area contributed by atoms with Crippen molar-refractivity contribution in [3.8, 4) is 0 Å². The Hall–Kier alpha value is -1.11. The Morgan fingerprint density at radius 2 is 1.86 bits per heavy atom. The van der Waals surface area contributed by atoms with E-state index in [0.717, 1.165) is 0 Å². The van der Waals surface area contributed by atoms with Crippen LogP contribution in [-0.2, 0) is 19.4 Å². The first-order chi connectivity index (χ1) is 9.68. The summed E-state index contributed by atoms with van der Waals surface area (Å²) >= 11 is 0. The van der Waals surface area contributed by atoms with E-state index in [1.165, 1.54) is 0 Å². The summed E-state index contributed by atoms with van der Waals surface area (Å²) < 4.78 is 23.7. The molecule has 1 atom stereocenters. The van der Waals surface area contributed by atoms with Gasteiger partial charge in [-0.2, -0.15) is 0 Å². The van der Waals surface area contributed by atoms with Gasteiger partial charge in [0.05, 0.1) is 17.0 Å². The third kappa shape index (κ3) is 2.80. The van der Waals surface area contributed by atoms with E-state index >= 15 is 0 Å². The van der Waals surface area contributed by atoms with E-state index in [4.69, 9.17) is 0 Å². The van der Waals surface area contributed by atoms with Gasteiger partial charge in [-0.05, 0) is 26.2 Å². The molecular formula is C14H24N2O4S. The Morgan fingerprint density at radius 1 is 1.24 bits per heavy atom. The van der Waals surface area contributed by atoms with Crippen LogP contribution in [0, 0.1) is 0 Å². The van der Waals surface area contributed by atoms with Crippen molar-refractivity contribution in [3.63, 3.8) is 0 Å². The summed E-state index contributed by atoms with van der Waals surface area (Å²) in [5, 5.41) is 2.85. The van der Waals surface area contributed by atoms with Crippen LogP contribution in [0.3, 0.4) is 0 Å². The van der Waals surface area contributed by atoms with Crippen LogP contribution < -0.4 is 5.32 Å².